The van der Waals surface area contributed by atoms with Gasteiger partial charge < -0.3 is 15.3 Å². The van der Waals surface area contributed by atoms with E-state index in [1.165, 1.54) is 39.8 Å². The highest BCUT2D eigenvalue weighted by atomic mass is 32.2. The number of aliphatic carboxylic acids is 1. The van der Waals surface area contributed by atoms with Crippen molar-refractivity contribution in [1.82, 2.24) is 24.6 Å². The number of hydrogen-bond acceptors (Lipinski definition) is 12. The third-order valence-corrected chi connectivity index (χ3v) is 9.73. The molecular weight excluding hydrogens is 583 g/mol. The Morgan fingerprint density at radius 1 is 1.33 bits per heavy atom. The Labute approximate surface area is 239 Å². The first-order valence-corrected chi connectivity index (χ1v) is 15.1. The van der Waals surface area contributed by atoms with E-state index in [4.69, 9.17) is 4.84 Å². The minimum Gasteiger partial charge on any atom is -0.477 e. The number of amides is 2. The van der Waals surface area contributed by atoms with Gasteiger partial charge in [-0.15, -0.1) is 23.1 Å². The number of nitrogens with zero attached hydrogens (tertiary/aromatic N) is 6. The Morgan fingerprint density at radius 2 is 2.10 bits per heavy atom. The molecule has 1 unspecified atom stereocenters. The van der Waals surface area contributed by atoms with Crippen molar-refractivity contribution >= 4 is 69.9 Å². The molecule has 2 N–H and O–H groups in total. The van der Waals surface area contributed by atoms with Crippen LogP contribution in [0.3, 0.4) is 0 Å². The van der Waals surface area contributed by atoms with Crippen LogP contribution in [0.5, 0.6) is 0 Å². The first-order chi connectivity index (χ1) is 18.8. The van der Waals surface area contributed by atoms with Crippen LogP contribution >= 0.6 is 46.4 Å². The summed E-state index contributed by atoms with van der Waals surface area (Å²) >= 11 is 5.13. The molecule has 16 heteroatoms. The minimum absolute atomic E-state index is 0.0947. The largest absolute Gasteiger partial charge is 0.477 e. The SMILES string of the molecule is CCON=C(C(=O)N[C@@H]1C(=O)N2C(C(=O)O)=C(Sc3nc(-c4cc[n+](C)cc4)cs3)CSC12)c1nsc(C)n1. The number of nitrogens with one attached hydrogen (secondary N) is 1. The number of fused-ring (bicyclic) bond motifs is 1. The molecule has 5 rings (SSSR count). The topological polar surface area (TPSA) is 151 Å². The van der Waals surface area contributed by atoms with Gasteiger partial charge in [0, 0.05) is 33.7 Å². The number of hydrogen-bond donors (Lipinski definition) is 2. The van der Waals surface area contributed by atoms with Crippen molar-refractivity contribution in [2.75, 3.05) is 12.4 Å². The zero-order valence-electron chi connectivity index (χ0n) is 20.9. The number of thioether (sulfide) groups is 2. The number of aromatic nitrogens is 4. The number of pyridine rings is 1. The Balaban J connectivity index is 1.32. The molecule has 5 heterocycles. The van der Waals surface area contributed by atoms with Crippen LogP contribution in [-0.4, -0.2) is 71.6 Å². The average molecular weight is 605 g/mol. The number of carbonyl (C=O) groups is 3. The summed E-state index contributed by atoms with van der Waals surface area (Å²) in [7, 11) is 1.93. The molecule has 2 aliphatic rings. The number of β-lactam (4-membered cyclic amide) rings is 1. The molecule has 2 atom stereocenters. The maximum atomic E-state index is 13.1. The van der Waals surface area contributed by atoms with Gasteiger partial charge in [0.25, 0.3) is 11.8 Å². The van der Waals surface area contributed by atoms with Gasteiger partial charge in [0.2, 0.25) is 11.5 Å². The molecule has 3 aromatic heterocycles. The van der Waals surface area contributed by atoms with Crippen LogP contribution in [-0.2, 0) is 26.3 Å². The van der Waals surface area contributed by atoms with Crippen LogP contribution in [0.2, 0.25) is 0 Å². The molecule has 0 spiro atoms. The summed E-state index contributed by atoms with van der Waals surface area (Å²) in [6.07, 6.45) is 3.85. The number of rotatable bonds is 9. The molecule has 0 saturated carbocycles. The molecule has 39 heavy (non-hydrogen) atoms. The zero-order chi connectivity index (χ0) is 27.7. The molecule has 12 nitrogen and oxygen atoms in total. The highest BCUT2D eigenvalue weighted by Crippen LogP contribution is 2.46. The van der Waals surface area contributed by atoms with Crippen LogP contribution in [0.4, 0.5) is 0 Å². The predicted octanol–water partition coefficient (Wildman–Crippen LogP) is 2.02. The molecule has 2 aliphatic heterocycles. The second kappa shape index (κ2) is 11.4. The maximum Gasteiger partial charge on any atom is 0.353 e. The quantitative estimate of drug-likeness (QED) is 0.161. The van der Waals surface area contributed by atoms with Crippen LogP contribution in [0, 0.1) is 6.92 Å². The fraction of sp³-hybridized carbons (Fsp3) is 0.304. The Kier molecular flexibility index (Phi) is 7.97. The number of carboxylic acid groups (broad SMARTS) is 1. The fourth-order valence-electron chi connectivity index (χ4n) is 3.80. The Hall–Kier alpha value is -3.34. The van der Waals surface area contributed by atoms with E-state index in [1.807, 2.05) is 41.5 Å². The maximum absolute atomic E-state index is 13.1. The smallest absolute Gasteiger partial charge is 0.353 e. The number of thiazole rings is 1. The highest BCUT2D eigenvalue weighted by molar-refractivity contribution is 8.07. The summed E-state index contributed by atoms with van der Waals surface area (Å²) < 4.78 is 6.71. The first kappa shape index (κ1) is 27.2. The molecular formula is C23H22N7O5S4+. The Morgan fingerprint density at radius 3 is 2.77 bits per heavy atom. The van der Waals surface area contributed by atoms with E-state index in [2.05, 4.69) is 24.8 Å². The second-order valence-corrected chi connectivity index (χ2v) is 12.5. The van der Waals surface area contributed by atoms with E-state index >= 15 is 0 Å². The number of oxime groups is 1. The third-order valence-electron chi connectivity index (χ3n) is 5.63. The number of aryl methyl sites for hydroxylation is 2. The molecule has 0 radical (unpaired) electrons. The van der Waals surface area contributed by atoms with Gasteiger partial charge in [0.05, 0.1) is 5.69 Å². The molecule has 0 aliphatic carbocycles. The van der Waals surface area contributed by atoms with E-state index < -0.39 is 29.2 Å². The summed E-state index contributed by atoms with van der Waals surface area (Å²) in [5, 5.41) is 18.5. The molecule has 202 valence electrons. The molecule has 0 bridgehead atoms. The normalized spacial score (nSPS) is 19.0. The Bertz CT molecular complexity index is 1500. The van der Waals surface area contributed by atoms with Crippen LogP contribution in [0.25, 0.3) is 11.3 Å². The van der Waals surface area contributed by atoms with Gasteiger partial charge in [0.1, 0.15) is 35.8 Å². The van der Waals surface area contributed by atoms with Gasteiger partial charge in [0.15, 0.2) is 16.7 Å². The third kappa shape index (κ3) is 5.54. The molecule has 2 amide bonds. The zero-order valence-corrected chi connectivity index (χ0v) is 24.1. The van der Waals surface area contributed by atoms with Gasteiger partial charge in [-0.2, -0.15) is 4.37 Å². The predicted molar refractivity (Wildman–Crippen MR) is 147 cm³/mol. The van der Waals surface area contributed by atoms with E-state index in [0.29, 0.717) is 20.0 Å². The summed E-state index contributed by atoms with van der Waals surface area (Å²) in [6, 6.07) is 2.98. The van der Waals surface area contributed by atoms with Gasteiger partial charge >= 0.3 is 5.97 Å². The van der Waals surface area contributed by atoms with Crippen molar-refractivity contribution in [3.63, 3.8) is 0 Å². The van der Waals surface area contributed by atoms with E-state index in [0.717, 1.165) is 22.8 Å². The monoisotopic (exact) mass is 604 g/mol. The van der Waals surface area contributed by atoms with Crippen molar-refractivity contribution in [1.29, 1.82) is 0 Å². The lowest BCUT2D eigenvalue weighted by Gasteiger charge is -2.49. The minimum atomic E-state index is -1.21. The van der Waals surface area contributed by atoms with E-state index in [9.17, 15) is 19.5 Å². The summed E-state index contributed by atoms with van der Waals surface area (Å²) in [5.74, 6) is -1.97. The van der Waals surface area contributed by atoms with Gasteiger partial charge in [-0.1, -0.05) is 16.9 Å². The molecule has 1 fully saturated rings. The fourth-order valence-corrected chi connectivity index (χ4v) is 7.74. The van der Waals surface area contributed by atoms with E-state index in [-0.39, 0.29) is 23.8 Å². The average Bonchev–Trinajstić information content (AvgIpc) is 3.56. The van der Waals surface area contributed by atoms with Crippen molar-refractivity contribution in [2.45, 2.75) is 29.6 Å². The number of carbonyl (C=O) groups excluding carboxylic acids is 2. The second-order valence-electron chi connectivity index (χ2n) is 8.29. The van der Waals surface area contributed by atoms with Crippen LogP contribution < -0.4 is 9.88 Å². The van der Waals surface area contributed by atoms with E-state index in [1.54, 1.807) is 13.8 Å². The van der Waals surface area contributed by atoms with Crippen LogP contribution in [0.15, 0.2) is 50.0 Å². The first-order valence-electron chi connectivity index (χ1n) is 11.6. The summed E-state index contributed by atoms with van der Waals surface area (Å²) in [4.78, 5) is 54.0. The highest BCUT2D eigenvalue weighted by Gasteiger charge is 2.54. The van der Waals surface area contributed by atoms with Crippen molar-refractivity contribution in [2.24, 2.45) is 12.2 Å². The van der Waals surface area contributed by atoms with Crippen molar-refractivity contribution in [3.05, 3.63) is 51.3 Å². The molecule has 0 aromatic carbocycles. The molecule has 1 saturated heterocycles. The van der Waals surface area contributed by atoms with Crippen LogP contribution in [0.1, 0.15) is 17.8 Å². The van der Waals surface area contributed by atoms with Gasteiger partial charge in [-0.25, -0.2) is 19.3 Å². The number of carboxylic acids is 1. The van der Waals surface area contributed by atoms with Gasteiger partial charge in [-0.05, 0) is 25.4 Å². The lowest BCUT2D eigenvalue weighted by molar-refractivity contribution is -0.671. The standard InChI is InChI=1S/C23H21N7O5S4/c1-4-35-27-15(18-24-11(2)39-28-18)19(31)26-16-20(32)30-17(22(33)34)14(10-36-21(16)30)38-23-25-13(9-37-23)12-5-7-29(3)8-6-12/h5-9,16,21H,4,10H2,1-3H3,(H-,26,31,33,34)/p+1/t16-,21?/m1/s1. The van der Waals surface area contributed by atoms with Crippen molar-refractivity contribution < 1.29 is 28.9 Å². The lowest BCUT2D eigenvalue weighted by atomic mass is 10.0. The van der Waals surface area contributed by atoms with Crippen molar-refractivity contribution in [3.8, 4) is 11.3 Å². The summed E-state index contributed by atoms with van der Waals surface area (Å²) in [5.41, 5.74) is 1.50. The van der Waals surface area contributed by atoms with Gasteiger partial charge in [-0.3, -0.25) is 14.5 Å². The summed E-state index contributed by atoms with van der Waals surface area (Å²) in [6.45, 7) is 3.69. The lowest BCUT2D eigenvalue weighted by Crippen LogP contribution is -2.71. The molecule has 3 aromatic rings.